The van der Waals surface area contributed by atoms with Crippen LogP contribution >= 0.6 is 23.6 Å². The van der Waals surface area contributed by atoms with Gasteiger partial charge in [0.1, 0.15) is 10.7 Å². The molecule has 1 heterocycles. The molecule has 0 atom stereocenters. The van der Waals surface area contributed by atoms with E-state index in [9.17, 15) is 4.79 Å². The molecule has 0 radical (unpaired) electrons. The first kappa shape index (κ1) is 12.6. The molecule has 18 heavy (non-hydrogen) atoms. The molecular weight excluding hydrogens is 268 g/mol. The molecule has 1 aromatic carbocycles. The molecule has 0 fully saturated rings. The summed E-state index contributed by atoms with van der Waals surface area (Å²) in [6.45, 7) is 0. The number of benzene rings is 1. The maximum Gasteiger partial charge on any atom is 0.283 e. The number of carbonyl (C=O) groups is 1. The number of thiazole rings is 1. The van der Waals surface area contributed by atoms with Gasteiger partial charge < -0.3 is 10.3 Å². The first-order valence-corrected chi connectivity index (χ1v) is 6.39. The molecule has 0 bridgehead atoms. The first-order chi connectivity index (χ1) is 8.59. The number of nitrogen functional groups attached to an aromatic ring is 1. The van der Waals surface area contributed by atoms with E-state index >= 15 is 0 Å². The monoisotopic (exact) mass is 280 g/mol. The van der Waals surface area contributed by atoms with Crippen LogP contribution in [0.3, 0.4) is 0 Å². The first-order valence-electron chi connectivity index (χ1n) is 5.16. The van der Waals surface area contributed by atoms with Crippen LogP contribution < -0.4 is 16.6 Å². The summed E-state index contributed by atoms with van der Waals surface area (Å²) in [6, 6.07) is 9.32. The number of nitrogens with two attached hydrogens (primary N) is 1. The van der Waals surface area contributed by atoms with Crippen LogP contribution in [-0.4, -0.2) is 10.5 Å². The van der Waals surface area contributed by atoms with E-state index in [2.05, 4.69) is 10.9 Å². The number of carbonyl (C=O) groups excluding carboxylic acids is 1. The van der Waals surface area contributed by atoms with Crippen LogP contribution in [0.5, 0.6) is 0 Å². The summed E-state index contributed by atoms with van der Waals surface area (Å²) in [6.07, 6.45) is 0. The molecule has 94 valence electrons. The third-order valence-electron chi connectivity index (χ3n) is 2.36. The molecule has 1 aromatic heterocycles. The molecule has 5 nitrogen and oxygen atoms in total. The molecule has 0 unspecified atom stereocenters. The third-order valence-corrected chi connectivity index (χ3v) is 3.93. The minimum absolute atomic E-state index is 0.298. The molecule has 7 heteroatoms. The maximum absolute atomic E-state index is 11.9. The second-order valence-electron chi connectivity index (χ2n) is 3.59. The van der Waals surface area contributed by atoms with Crippen molar-refractivity contribution in [1.29, 1.82) is 0 Å². The molecule has 0 saturated carbocycles. The van der Waals surface area contributed by atoms with Crippen molar-refractivity contribution < 1.29 is 4.79 Å². The van der Waals surface area contributed by atoms with E-state index in [0.717, 1.165) is 5.69 Å². The Kier molecular flexibility index (Phi) is 3.63. The van der Waals surface area contributed by atoms with E-state index in [-0.39, 0.29) is 5.91 Å². The molecule has 0 aliphatic rings. The predicted molar refractivity (Wildman–Crippen MR) is 76.1 cm³/mol. The lowest BCUT2D eigenvalue weighted by atomic mass is 10.3. The van der Waals surface area contributed by atoms with Gasteiger partial charge in [-0.1, -0.05) is 29.5 Å². The van der Waals surface area contributed by atoms with E-state index in [1.807, 2.05) is 30.3 Å². The maximum atomic E-state index is 11.9. The number of nitrogens with zero attached hydrogens (tertiary/aromatic N) is 1. The number of anilines is 2. The van der Waals surface area contributed by atoms with Gasteiger partial charge in [-0.15, -0.1) is 0 Å². The van der Waals surface area contributed by atoms with Gasteiger partial charge in [0, 0.05) is 7.05 Å². The second-order valence-corrected chi connectivity index (χ2v) is 5.23. The van der Waals surface area contributed by atoms with Crippen molar-refractivity contribution in [2.45, 2.75) is 0 Å². The van der Waals surface area contributed by atoms with Crippen LogP contribution in [0.4, 0.5) is 11.5 Å². The average Bonchev–Trinajstić information content (AvgIpc) is 2.65. The van der Waals surface area contributed by atoms with Gasteiger partial charge in [0.2, 0.25) is 0 Å². The van der Waals surface area contributed by atoms with Crippen LogP contribution in [0, 0.1) is 3.95 Å². The Morgan fingerprint density at radius 1 is 1.39 bits per heavy atom. The Bertz CT molecular complexity index is 618. The van der Waals surface area contributed by atoms with Crippen LogP contribution in [0.15, 0.2) is 30.3 Å². The summed E-state index contributed by atoms with van der Waals surface area (Å²) < 4.78 is 2.18. The van der Waals surface area contributed by atoms with Gasteiger partial charge in [-0.2, -0.15) is 0 Å². The second kappa shape index (κ2) is 5.19. The van der Waals surface area contributed by atoms with Gasteiger partial charge in [0.25, 0.3) is 5.91 Å². The standard InChI is InChI=1S/C11H12N4OS2/c1-15-9(12)8(18-11(15)17)10(16)14-13-7-5-3-2-4-6-7/h2-6,13H,12H2,1H3,(H,14,16). The van der Waals surface area contributed by atoms with Crippen molar-refractivity contribution in [2.24, 2.45) is 7.05 Å². The zero-order chi connectivity index (χ0) is 13.1. The van der Waals surface area contributed by atoms with E-state index in [4.69, 9.17) is 18.0 Å². The Morgan fingerprint density at radius 2 is 2.06 bits per heavy atom. The fourth-order valence-electron chi connectivity index (χ4n) is 1.33. The number of hydrogen-bond donors (Lipinski definition) is 3. The molecule has 0 aliphatic heterocycles. The smallest absolute Gasteiger partial charge is 0.283 e. The zero-order valence-electron chi connectivity index (χ0n) is 9.64. The van der Waals surface area contributed by atoms with E-state index in [1.54, 1.807) is 11.6 Å². The van der Waals surface area contributed by atoms with Crippen molar-refractivity contribution >= 4 is 41.0 Å². The number of aromatic nitrogens is 1. The number of amides is 1. The van der Waals surface area contributed by atoms with Gasteiger partial charge in [-0.05, 0) is 24.4 Å². The lowest BCUT2D eigenvalue weighted by Gasteiger charge is -2.07. The van der Waals surface area contributed by atoms with Crippen molar-refractivity contribution in [3.8, 4) is 0 Å². The molecular formula is C11H12N4OS2. The molecule has 1 amide bonds. The van der Waals surface area contributed by atoms with Gasteiger partial charge in [-0.3, -0.25) is 15.6 Å². The largest absolute Gasteiger partial charge is 0.384 e. The number of hydrazine groups is 1. The van der Waals surface area contributed by atoms with Crippen LogP contribution in [0.1, 0.15) is 9.67 Å². The van der Waals surface area contributed by atoms with Crippen LogP contribution in [0.25, 0.3) is 0 Å². The van der Waals surface area contributed by atoms with Crippen molar-refractivity contribution in [3.63, 3.8) is 0 Å². The Balaban J connectivity index is 2.09. The van der Waals surface area contributed by atoms with Crippen molar-refractivity contribution in [2.75, 3.05) is 11.2 Å². The summed E-state index contributed by atoms with van der Waals surface area (Å²) in [5.41, 5.74) is 12.0. The topological polar surface area (TPSA) is 72.1 Å². The fraction of sp³-hybridized carbons (Fsp3) is 0.0909. The van der Waals surface area contributed by atoms with Gasteiger partial charge >= 0.3 is 0 Å². The number of rotatable bonds is 3. The lowest BCUT2D eigenvalue weighted by Crippen LogP contribution is -2.29. The minimum atomic E-state index is -0.298. The summed E-state index contributed by atoms with van der Waals surface area (Å²) >= 11 is 6.24. The van der Waals surface area contributed by atoms with E-state index in [1.165, 1.54) is 11.3 Å². The number of hydrogen-bond acceptors (Lipinski definition) is 5. The summed E-state index contributed by atoms with van der Waals surface area (Å²) in [7, 11) is 1.73. The molecule has 2 aromatic rings. The van der Waals surface area contributed by atoms with Crippen molar-refractivity contribution in [1.82, 2.24) is 9.99 Å². The highest BCUT2D eigenvalue weighted by Gasteiger charge is 2.14. The fourth-order valence-corrected chi connectivity index (χ4v) is 2.47. The van der Waals surface area contributed by atoms with Gasteiger partial charge in [0.15, 0.2) is 3.95 Å². The highest BCUT2D eigenvalue weighted by molar-refractivity contribution is 7.73. The molecule has 0 aliphatic carbocycles. The minimum Gasteiger partial charge on any atom is -0.384 e. The lowest BCUT2D eigenvalue weighted by molar-refractivity contribution is 0.0967. The zero-order valence-corrected chi connectivity index (χ0v) is 11.3. The van der Waals surface area contributed by atoms with Gasteiger partial charge in [-0.25, -0.2) is 0 Å². The average molecular weight is 280 g/mol. The third kappa shape index (κ3) is 2.52. The Morgan fingerprint density at radius 3 is 2.61 bits per heavy atom. The SMILES string of the molecule is Cn1c(N)c(C(=O)NNc2ccccc2)sc1=S. The van der Waals surface area contributed by atoms with Crippen molar-refractivity contribution in [3.05, 3.63) is 39.2 Å². The number of nitrogens with one attached hydrogen (secondary N) is 2. The van der Waals surface area contributed by atoms with E-state index in [0.29, 0.717) is 14.6 Å². The van der Waals surface area contributed by atoms with Crippen LogP contribution in [-0.2, 0) is 7.05 Å². The highest BCUT2D eigenvalue weighted by atomic mass is 32.1. The van der Waals surface area contributed by atoms with Crippen LogP contribution in [0.2, 0.25) is 0 Å². The molecule has 2 rings (SSSR count). The number of para-hydroxylation sites is 1. The quantitative estimate of drug-likeness (QED) is 0.595. The highest BCUT2D eigenvalue weighted by Crippen LogP contribution is 2.20. The molecule has 4 N–H and O–H groups in total. The predicted octanol–water partition coefficient (Wildman–Crippen LogP) is 2.16. The summed E-state index contributed by atoms with van der Waals surface area (Å²) in [4.78, 5) is 12.3. The summed E-state index contributed by atoms with van der Waals surface area (Å²) in [5, 5.41) is 0. The summed E-state index contributed by atoms with van der Waals surface area (Å²) in [5.74, 6) is 0.0745. The Hall–Kier alpha value is -1.86. The molecule has 0 spiro atoms. The molecule has 0 saturated heterocycles. The Labute approximate surface area is 113 Å². The van der Waals surface area contributed by atoms with Gasteiger partial charge in [0.05, 0.1) is 5.69 Å². The van der Waals surface area contributed by atoms with E-state index < -0.39 is 0 Å². The normalized spacial score (nSPS) is 10.1.